The summed E-state index contributed by atoms with van der Waals surface area (Å²) < 4.78 is 10.6. The molecule has 0 unspecified atom stereocenters. The third kappa shape index (κ3) is 3.12. The first-order chi connectivity index (χ1) is 15.1. The second-order valence-corrected chi connectivity index (χ2v) is 7.23. The molecule has 2 aliphatic heterocycles. The van der Waals surface area contributed by atoms with E-state index in [2.05, 4.69) is 20.5 Å². The van der Waals surface area contributed by atoms with E-state index < -0.39 is 23.9 Å². The lowest BCUT2D eigenvalue weighted by molar-refractivity contribution is -0.123. The molecule has 3 heterocycles. The molecule has 1 aromatic heterocycles. The third-order valence-corrected chi connectivity index (χ3v) is 5.32. The molecule has 1 fully saturated rings. The molecular formula is C21H18N6O4. The summed E-state index contributed by atoms with van der Waals surface area (Å²) in [6.07, 6.45) is 0. The number of nitrogens with zero attached hydrogens (tertiary/aromatic N) is 6. The molecule has 1 saturated heterocycles. The minimum absolute atomic E-state index is 0.0640. The molecule has 156 valence electrons. The van der Waals surface area contributed by atoms with Gasteiger partial charge in [0.1, 0.15) is 12.3 Å². The molecule has 0 bridgehead atoms. The maximum atomic E-state index is 13.1. The van der Waals surface area contributed by atoms with Crippen LogP contribution in [0.5, 0.6) is 5.75 Å². The van der Waals surface area contributed by atoms with Crippen LogP contribution >= 0.6 is 0 Å². The molecule has 0 N–H and O–H groups in total. The third-order valence-electron chi connectivity index (χ3n) is 5.32. The number of imide groups is 1. The van der Waals surface area contributed by atoms with Crippen molar-refractivity contribution in [3.8, 4) is 17.1 Å². The Bertz CT molecular complexity index is 1210. The summed E-state index contributed by atoms with van der Waals surface area (Å²) >= 11 is 0. The summed E-state index contributed by atoms with van der Waals surface area (Å²) in [5.74, 6) is 0.432. The van der Waals surface area contributed by atoms with Crippen molar-refractivity contribution in [2.24, 2.45) is 10.3 Å². The van der Waals surface area contributed by atoms with Gasteiger partial charge >= 0.3 is 0 Å². The fourth-order valence-corrected chi connectivity index (χ4v) is 3.75. The first-order valence-corrected chi connectivity index (χ1v) is 9.64. The number of carbonyl (C=O) groups is 2. The number of hydrogen-bond donors (Lipinski definition) is 0. The van der Waals surface area contributed by atoms with Gasteiger partial charge < -0.3 is 9.26 Å². The number of amides is 2. The Morgan fingerprint density at radius 3 is 2.74 bits per heavy atom. The molecule has 0 aliphatic carbocycles. The Morgan fingerprint density at radius 1 is 1.10 bits per heavy atom. The molecule has 0 spiro atoms. The van der Waals surface area contributed by atoms with Crippen molar-refractivity contribution in [2.75, 3.05) is 12.0 Å². The van der Waals surface area contributed by atoms with Crippen molar-refractivity contribution in [3.05, 3.63) is 60.0 Å². The van der Waals surface area contributed by atoms with E-state index in [1.165, 1.54) is 12.1 Å². The quantitative estimate of drug-likeness (QED) is 0.585. The van der Waals surface area contributed by atoms with E-state index in [0.717, 1.165) is 16.0 Å². The summed E-state index contributed by atoms with van der Waals surface area (Å²) in [6.45, 7) is 2.02. The predicted molar refractivity (Wildman–Crippen MR) is 108 cm³/mol. The van der Waals surface area contributed by atoms with Gasteiger partial charge in [-0.05, 0) is 24.6 Å². The van der Waals surface area contributed by atoms with Crippen molar-refractivity contribution in [1.82, 2.24) is 15.1 Å². The highest BCUT2D eigenvalue weighted by atomic mass is 16.5. The molecule has 10 heteroatoms. The summed E-state index contributed by atoms with van der Waals surface area (Å²) in [7, 11) is 1.52. The minimum atomic E-state index is -0.905. The van der Waals surface area contributed by atoms with Crippen LogP contribution in [-0.4, -0.2) is 46.2 Å². The lowest BCUT2D eigenvalue weighted by Crippen LogP contribution is -2.39. The molecule has 0 saturated carbocycles. The van der Waals surface area contributed by atoms with E-state index in [9.17, 15) is 9.59 Å². The van der Waals surface area contributed by atoms with E-state index in [1.54, 1.807) is 24.3 Å². The van der Waals surface area contributed by atoms with Gasteiger partial charge in [0.2, 0.25) is 11.7 Å². The van der Waals surface area contributed by atoms with Crippen LogP contribution in [-0.2, 0) is 16.1 Å². The lowest BCUT2D eigenvalue weighted by atomic mass is 10.1. The van der Waals surface area contributed by atoms with Crippen LogP contribution in [0, 0.1) is 6.92 Å². The zero-order valence-corrected chi connectivity index (χ0v) is 16.8. The molecule has 2 aliphatic rings. The highest BCUT2D eigenvalue weighted by Crippen LogP contribution is 2.34. The second kappa shape index (κ2) is 7.31. The number of fused-ring (bicyclic) bond motifs is 1. The zero-order chi connectivity index (χ0) is 21.5. The Labute approximate surface area is 177 Å². The number of hydrogen-bond acceptors (Lipinski definition) is 9. The average molecular weight is 418 g/mol. The van der Waals surface area contributed by atoms with E-state index >= 15 is 0 Å². The summed E-state index contributed by atoms with van der Waals surface area (Å²) in [5, 5.41) is 13.5. The van der Waals surface area contributed by atoms with Gasteiger partial charge in [-0.3, -0.25) is 14.6 Å². The molecule has 5 rings (SSSR count). The number of methoxy groups -OCH3 is 1. The Kier molecular flexibility index (Phi) is 4.46. The van der Waals surface area contributed by atoms with Crippen molar-refractivity contribution >= 4 is 17.5 Å². The number of ether oxygens (including phenoxy) is 1. The molecule has 2 amide bonds. The fraction of sp³-hybridized carbons (Fsp3) is 0.238. The van der Waals surface area contributed by atoms with E-state index in [4.69, 9.17) is 9.26 Å². The van der Waals surface area contributed by atoms with Crippen LogP contribution in [0.2, 0.25) is 0 Å². The van der Waals surface area contributed by atoms with Crippen LogP contribution in [0.4, 0.5) is 5.69 Å². The van der Waals surface area contributed by atoms with Crippen LogP contribution < -0.4 is 9.64 Å². The largest absolute Gasteiger partial charge is 0.497 e. The smallest absolute Gasteiger partial charge is 0.263 e. The monoisotopic (exact) mass is 418 g/mol. The maximum Gasteiger partial charge on any atom is 0.263 e. The van der Waals surface area contributed by atoms with Crippen LogP contribution in [0.15, 0.2) is 63.4 Å². The molecule has 3 aromatic rings. The molecule has 0 radical (unpaired) electrons. The molecule has 2 atom stereocenters. The van der Waals surface area contributed by atoms with E-state index in [-0.39, 0.29) is 12.4 Å². The Hall–Kier alpha value is -4.08. The van der Waals surface area contributed by atoms with Crippen LogP contribution in [0.3, 0.4) is 0 Å². The molecule has 2 aromatic carbocycles. The number of benzene rings is 2. The first kappa shape index (κ1) is 18.9. The molecule has 31 heavy (non-hydrogen) atoms. The minimum Gasteiger partial charge on any atom is -0.497 e. The van der Waals surface area contributed by atoms with Gasteiger partial charge in [-0.1, -0.05) is 40.7 Å². The van der Waals surface area contributed by atoms with Crippen molar-refractivity contribution in [3.63, 3.8) is 0 Å². The standard InChI is InChI=1S/C21H18N6O4/c1-12-6-3-4-9-15(12)19-22-16(31-24-19)11-26-18-17(23-25-26)20(28)27(21(18)29)13-7-5-8-14(10-13)30-2/h3-10,17-18H,11H2,1-2H3/t17-,18-/m1/s1. The van der Waals surface area contributed by atoms with Gasteiger partial charge in [-0.15, -0.1) is 0 Å². The predicted octanol–water partition coefficient (Wildman–Crippen LogP) is 2.55. The number of carbonyl (C=O) groups excluding carboxylic acids is 2. The van der Waals surface area contributed by atoms with Gasteiger partial charge in [-0.2, -0.15) is 10.1 Å². The number of anilines is 1. The summed E-state index contributed by atoms with van der Waals surface area (Å²) in [6, 6.07) is 12.7. The second-order valence-electron chi connectivity index (χ2n) is 7.23. The number of rotatable bonds is 5. The number of aryl methyl sites for hydroxylation is 1. The fourth-order valence-electron chi connectivity index (χ4n) is 3.75. The van der Waals surface area contributed by atoms with Gasteiger partial charge in [0, 0.05) is 11.6 Å². The SMILES string of the molecule is COc1cccc(N2C(=O)[C@@H]3N=NN(Cc4nc(-c5ccccc5C)no4)[C@H]3C2=O)c1. The summed E-state index contributed by atoms with van der Waals surface area (Å²) in [4.78, 5) is 31.5. The Morgan fingerprint density at radius 2 is 1.94 bits per heavy atom. The van der Waals surface area contributed by atoms with Crippen molar-refractivity contribution in [2.45, 2.75) is 25.6 Å². The van der Waals surface area contributed by atoms with Crippen molar-refractivity contribution < 1.29 is 18.8 Å². The Balaban J connectivity index is 1.37. The first-order valence-electron chi connectivity index (χ1n) is 9.64. The van der Waals surface area contributed by atoms with E-state index in [0.29, 0.717) is 17.3 Å². The van der Waals surface area contributed by atoms with Crippen LogP contribution in [0.1, 0.15) is 11.5 Å². The van der Waals surface area contributed by atoms with Crippen LogP contribution in [0.25, 0.3) is 11.4 Å². The topological polar surface area (TPSA) is 113 Å². The van der Waals surface area contributed by atoms with Gasteiger partial charge in [0.25, 0.3) is 11.8 Å². The normalized spacial score (nSPS) is 19.9. The maximum absolute atomic E-state index is 13.1. The van der Waals surface area contributed by atoms with Gasteiger partial charge in [0.15, 0.2) is 12.1 Å². The molecule has 10 nitrogen and oxygen atoms in total. The zero-order valence-electron chi connectivity index (χ0n) is 16.8. The highest BCUT2D eigenvalue weighted by molar-refractivity contribution is 6.25. The lowest BCUT2D eigenvalue weighted by Gasteiger charge is -2.19. The molecular weight excluding hydrogens is 400 g/mol. The van der Waals surface area contributed by atoms with Crippen molar-refractivity contribution in [1.29, 1.82) is 0 Å². The average Bonchev–Trinajstić information content (AvgIpc) is 3.47. The van der Waals surface area contributed by atoms with Gasteiger partial charge in [0.05, 0.1) is 12.8 Å². The van der Waals surface area contributed by atoms with Gasteiger partial charge in [-0.25, -0.2) is 4.90 Å². The number of aromatic nitrogens is 2. The van der Waals surface area contributed by atoms with E-state index in [1.807, 2.05) is 31.2 Å². The highest BCUT2D eigenvalue weighted by Gasteiger charge is 2.55. The summed E-state index contributed by atoms with van der Waals surface area (Å²) in [5.41, 5.74) is 2.30.